The fourth-order valence-corrected chi connectivity index (χ4v) is 1.97. The lowest BCUT2D eigenvalue weighted by atomic mass is 10.1. The third kappa shape index (κ3) is 3.09. The standard InChI is InChI=1S/C16H11F2N3O/c17-16(18)10-21(11-16)15(22)14-19-8-13(9-20-14)7-6-12-4-2-1-3-5-12/h1-5,8-9H,10-11H2. The summed E-state index contributed by atoms with van der Waals surface area (Å²) in [7, 11) is 0. The molecular weight excluding hydrogens is 288 g/mol. The van der Waals surface area contributed by atoms with Crippen LogP contribution in [0.1, 0.15) is 21.7 Å². The smallest absolute Gasteiger partial charge is 0.292 e. The van der Waals surface area contributed by atoms with E-state index in [0.29, 0.717) is 5.56 Å². The fourth-order valence-electron chi connectivity index (χ4n) is 1.97. The molecule has 0 N–H and O–H groups in total. The summed E-state index contributed by atoms with van der Waals surface area (Å²) < 4.78 is 25.5. The molecule has 4 nitrogen and oxygen atoms in total. The van der Waals surface area contributed by atoms with Crippen molar-refractivity contribution in [3.05, 3.63) is 59.7 Å². The highest BCUT2D eigenvalue weighted by Crippen LogP contribution is 2.27. The van der Waals surface area contributed by atoms with Gasteiger partial charge in [-0.05, 0) is 12.1 Å². The van der Waals surface area contributed by atoms with Gasteiger partial charge < -0.3 is 4.90 Å². The van der Waals surface area contributed by atoms with Crippen molar-refractivity contribution in [2.45, 2.75) is 5.92 Å². The van der Waals surface area contributed by atoms with Gasteiger partial charge in [0.25, 0.3) is 11.8 Å². The number of rotatable bonds is 1. The maximum absolute atomic E-state index is 12.7. The Balaban J connectivity index is 1.69. The SMILES string of the molecule is O=C(c1ncc(C#Cc2ccccc2)cn1)N1CC(F)(F)C1. The van der Waals surface area contributed by atoms with E-state index in [-0.39, 0.29) is 5.82 Å². The van der Waals surface area contributed by atoms with Crippen LogP contribution in [-0.4, -0.2) is 39.8 Å². The summed E-state index contributed by atoms with van der Waals surface area (Å²) in [6, 6.07) is 9.40. The Kier molecular flexibility index (Phi) is 3.55. The number of halogens is 2. The molecule has 6 heteroatoms. The van der Waals surface area contributed by atoms with Crippen LogP contribution < -0.4 is 0 Å². The van der Waals surface area contributed by atoms with Gasteiger partial charge in [0.1, 0.15) is 0 Å². The summed E-state index contributed by atoms with van der Waals surface area (Å²) in [6.45, 7) is -1.16. The molecule has 3 rings (SSSR count). The normalized spacial score (nSPS) is 15.5. The fraction of sp³-hybridized carbons (Fsp3) is 0.188. The van der Waals surface area contributed by atoms with Crippen LogP contribution >= 0.6 is 0 Å². The Morgan fingerprint density at radius 2 is 1.64 bits per heavy atom. The van der Waals surface area contributed by atoms with Gasteiger partial charge in [0, 0.05) is 18.0 Å². The van der Waals surface area contributed by atoms with Crippen molar-refractivity contribution in [1.82, 2.24) is 14.9 Å². The molecule has 0 saturated carbocycles. The van der Waals surface area contributed by atoms with Gasteiger partial charge in [-0.15, -0.1) is 0 Å². The first-order chi connectivity index (χ1) is 10.5. The number of amides is 1. The van der Waals surface area contributed by atoms with Crippen molar-refractivity contribution >= 4 is 5.91 Å². The van der Waals surface area contributed by atoms with E-state index in [2.05, 4.69) is 21.8 Å². The maximum Gasteiger partial charge on any atom is 0.292 e. The van der Waals surface area contributed by atoms with Crippen LogP contribution in [0, 0.1) is 11.8 Å². The highest BCUT2D eigenvalue weighted by molar-refractivity contribution is 5.91. The summed E-state index contributed by atoms with van der Waals surface area (Å²) in [4.78, 5) is 20.6. The van der Waals surface area contributed by atoms with Gasteiger partial charge in [0.05, 0.1) is 18.7 Å². The first-order valence-corrected chi connectivity index (χ1v) is 6.60. The zero-order chi connectivity index (χ0) is 15.6. The molecule has 0 radical (unpaired) electrons. The molecule has 1 aliphatic rings. The molecule has 0 atom stereocenters. The number of nitrogens with zero attached hydrogens (tertiary/aromatic N) is 3. The van der Waals surface area contributed by atoms with Crippen molar-refractivity contribution in [1.29, 1.82) is 0 Å². The largest absolute Gasteiger partial charge is 0.324 e. The lowest BCUT2D eigenvalue weighted by Gasteiger charge is -2.38. The number of alkyl halides is 2. The number of carbonyl (C=O) groups is 1. The van der Waals surface area contributed by atoms with Gasteiger partial charge in [-0.2, -0.15) is 0 Å². The van der Waals surface area contributed by atoms with Crippen LogP contribution in [0.5, 0.6) is 0 Å². The molecule has 2 aromatic rings. The van der Waals surface area contributed by atoms with Crippen molar-refractivity contribution in [3.63, 3.8) is 0 Å². The number of carbonyl (C=O) groups excluding carboxylic acids is 1. The first-order valence-electron chi connectivity index (χ1n) is 6.60. The second kappa shape index (κ2) is 5.53. The van der Waals surface area contributed by atoms with Gasteiger partial charge >= 0.3 is 0 Å². The molecule has 1 aromatic heterocycles. The molecule has 22 heavy (non-hydrogen) atoms. The van der Waals surface area contributed by atoms with Gasteiger partial charge in [-0.3, -0.25) is 4.79 Å². The van der Waals surface area contributed by atoms with Crippen molar-refractivity contribution in [2.75, 3.05) is 13.1 Å². The molecule has 0 unspecified atom stereocenters. The summed E-state index contributed by atoms with van der Waals surface area (Å²) in [6.07, 6.45) is 2.82. The minimum absolute atomic E-state index is 0.0965. The summed E-state index contributed by atoms with van der Waals surface area (Å²) in [5.74, 6) is 2.34. The lowest BCUT2D eigenvalue weighted by molar-refractivity contribution is -0.113. The molecule has 1 amide bonds. The van der Waals surface area contributed by atoms with E-state index in [0.717, 1.165) is 10.5 Å². The highest BCUT2D eigenvalue weighted by atomic mass is 19.3. The third-order valence-electron chi connectivity index (χ3n) is 3.10. The van der Waals surface area contributed by atoms with E-state index in [9.17, 15) is 13.6 Å². The number of aromatic nitrogens is 2. The quantitative estimate of drug-likeness (QED) is 0.756. The number of likely N-dealkylation sites (tertiary alicyclic amines) is 1. The molecule has 1 fully saturated rings. The molecule has 0 aliphatic carbocycles. The Morgan fingerprint density at radius 3 is 2.23 bits per heavy atom. The number of hydrogen-bond acceptors (Lipinski definition) is 3. The first kappa shape index (κ1) is 14.1. The Morgan fingerprint density at radius 1 is 1.05 bits per heavy atom. The number of benzene rings is 1. The van der Waals surface area contributed by atoms with Crippen LogP contribution in [0.3, 0.4) is 0 Å². The second-order valence-corrected chi connectivity index (χ2v) is 4.93. The highest BCUT2D eigenvalue weighted by Gasteiger charge is 2.46. The molecule has 0 spiro atoms. The van der Waals surface area contributed by atoms with Crippen molar-refractivity contribution < 1.29 is 13.6 Å². The molecule has 2 heterocycles. The average molecular weight is 299 g/mol. The average Bonchev–Trinajstić information content (AvgIpc) is 2.51. The van der Waals surface area contributed by atoms with Crippen LogP contribution in [0.2, 0.25) is 0 Å². The Hall–Kier alpha value is -2.81. The van der Waals surface area contributed by atoms with E-state index < -0.39 is 24.9 Å². The van der Waals surface area contributed by atoms with E-state index >= 15 is 0 Å². The lowest BCUT2D eigenvalue weighted by Crippen LogP contribution is -2.58. The predicted molar refractivity (Wildman–Crippen MR) is 75.3 cm³/mol. The predicted octanol–water partition coefficient (Wildman–Crippen LogP) is 1.97. The van der Waals surface area contributed by atoms with Crippen LogP contribution in [0.4, 0.5) is 8.78 Å². The second-order valence-electron chi connectivity index (χ2n) is 4.93. The topological polar surface area (TPSA) is 46.1 Å². The molecule has 110 valence electrons. The summed E-state index contributed by atoms with van der Waals surface area (Å²) >= 11 is 0. The monoisotopic (exact) mass is 299 g/mol. The van der Waals surface area contributed by atoms with E-state index in [1.54, 1.807) is 0 Å². The molecule has 0 bridgehead atoms. The maximum atomic E-state index is 12.7. The minimum Gasteiger partial charge on any atom is -0.324 e. The summed E-state index contributed by atoms with van der Waals surface area (Å²) in [5.41, 5.74) is 1.40. The van der Waals surface area contributed by atoms with Crippen LogP contribution in [0.15, 0.2) is 42.7 Å². The van der Waals surface area contributed by atoms with Crippen molar-refractivity contribution in [3.8, 4) is 11.8 Å². The number of hydrogen-bond donors (Lipinski definition) is 0. The van der Waals surface area contributed by atoms with Crippen LogP contribution in [-0.2, 0) is 0 Å². The van der Waals surface area contributed by atoms with Gasteiger partial charge in [0.15, 0.2) is 0 Å². The zero-order valence-corrected chi connectivity index (χ0v) is 11.5. The molecule has 1 saturated heterocycles. The van der Waals surface area contributed by atoms with Gasteiger partial charge in [-0.1, -0.05) is 30.0 Å². The third-order valence-corrected chi connectivity index (χ3v) is 3.10. The van der Waals surface area contributed by atoms with E-state index in [4.69, 9.17) is 0 Å². The van der Waals surface area contributed by atoms with Crippen LogP contribution in [0.25, 0.3) is 0 Å². The van der Waals surface area contributed by atoms with Gasteiger partial charge in [0.2, 0.25) is 5.82 Å². The van der Waals surface area contributed by atoms with Gasteiger partial charge in [-0.25, -0.2) is 18.7 Å². The Bertz CT molecular complexity index is 740. The zero-order valence-electron chi connectivity index (χ0n) is 11.5. The Labute approximate surface area is 125 Å². The van der Waals surface area contributed by atoms with E-state index in [1.165, 1.54) is 12.4 Å². The van der Waals surface area contributed by atoms with Crippen molar-refractivity contribution in [2.24, 2.45) is 0 Å². The molecular formula is C16H11F2N3O. The molecule has 1 aromatic carbocycles. The van der Waals surface area contributed by atoms with E-state index in [1.807, 2.05) is 30.3 Å². The minimum atomic E-state index is -2.79. The summed E-state index contributed by atoms with van der Waals surface area (Å²) in [5, 5.41) is 0. The molecule has 1 aliphatic heterocycles.